The zero-order valence-electron chi connectivity index (χ0n) is 21.9. The van der Waals surface area contributed by atoms with Crippen molar-refractivity contribution in [3.8, 4) is 32.8 Å². The molecule has 1 N–H and O–H groups in total. The number of fused-ring (bicyclic) bond motifs is 1. The number of likely N-dealkylation sites (tertiary alicyclic amines) is 1. The Kier molecular flexibility index (Phi) is 8.15. The summed E-state index contributed by atoms with van der Waals surface area (Å²) in [6.07, 6.45) is 6.98. The van der Waals surface area contributed by atoms with Crippen LogP contribution in [0.3, 0.4) is 0 Å². The van der Waals surface area contributed by atoms with Crippen molar-refractivity contribution in [3.63, 3.8) is 0 Å². The first-order chi connectivity index (χ1) is 18.3. The third-order valence-electron chi connectivity index (χ3n) is 7.20. The fourth-order valence-corrected chi connectivity index (χ4v) is 7.61. The van der Waals surface area contributed by atoms with Gasteiger partial charge in [-0.1, -0.05) is 24.6 Å². The highest BCUT2D eigenvalue weighted by atomic mass is 32.2. The SMILES string of the molecule is CC(C)Oc1ccc(-c2ncc(-c3cccc4c3CC[C@@H]4NS(=O)(=O)CCN3CCCCC3)s2)cc1C#N. The van der Waals surface area contributed by atoms with Crippen LogP contribution in [0.1, 0.15) is 62.3 Å². The highest BCUT2D eigenvalue weighted by molar-refractivity contribution is 7.89. The first-order valence-electron chi connectivity index (χ1n) is 13.3. The van der Waals surface area contributed by atoms with E-state index in [2.05, 4.69) is 26.7 Å². The summed E-state index contributed by atoms with van der Waals surface area (Å²) in [4.78, 5) is 7.95. The molecule has 2 aromatic carbocycles. The molecule has 3 aromatic rings. The third kappa shape index (κ3) is 6.10. The van der Waals surface area contributed by atoms with E-state index in [0.29, 0.717) is 17.9 Å². The zero-order chi connectivity index (χ0) is 26.7. The number of piperidine rings is 1. The van der Waals surface area contributed by atoms with Gasteiger partial charge in [0.05, 0.1) is 22.3 Å². The summed E-state index contributed by atoms with van der Waals surface area (Å²) in [6.45, 7) is 6.46. The van der Waals surface area contributed by atoms with Gasteiger partial charge in [-0.25, -0.2) is 18.1 Å². The van der Waals surface area contributed by atoms with E-state index in [1.165, 1.54) is 12.0 Å². The Labute approximate surface area is 229 Å². The van der Waals surface area contributed by atoms with Crippen LogP contribution in [-0.4, -0.2) is 49.8 Å². The lowest BCUT2D eigenvalue weighted by atomic mass is 10.0. The molecule has 1 aliphatic heterocycles. The monoisotopic (exact) mass is 550 g/mol. The normalized spacial score (nSPS) is 17.9. The molecule has 1 saturated heterocycles. The van der Waals surface area contributed by atoms with Crippen molar-refractivity contribution >= 4 is 21.4 Å². The first-order valence-corrected chi connectivity index (χ1v) is 15.8. The number of nitriles is 1. The van der Waals surface area contributed by atoms with Crippen molar-refractivity contribution < 1.29 is 13.2 Å². The molecular formula is C29H34N4O3S2. The molecule has 1 aromatic heterocycles. The predicted octanol–water partition coefficient (Wildman–Crippen LogP) is 5.53. The molecule has 5 rings (SSSR count). The van der Waals surface area contributed by atoms with Crippen LogP contribution >= 0.6 is 11.3 Å². The van der Waals surface area contributed by atoms with E-state index in [1.807, 2.05) is 50.4 Å². The number of hydrogen-bond acceptors (Lipinski definition) is 7. The lowest BCUT2D eigenvalue weighted by molar-refractivity contribution is 0.241. The fourth-order valence-electron chi connectivity index (χ4n) is 5.35. The van der Waals surface area contributed by atoms with Gasteiger partial charge in [-0.15, -0.1) is 11.3 Å². The summed E-state index contributed by atoms with van der Waals surface area (Å²) in [6, 6.07) is 13.7. The summed E-state index contributed by atoms with van der Waals surface area (Å²) >= 11 is 1.58. The van der Waals surface area contributed by atoms with E-state index in [4.69, 9.17) is 4.74 Å². The minimum absolute atomic E-state index is 0.0115. The van der Waals surface area contributed by atoms with Crippen molar-refractivity contribution in [2.75, 3.05) is 25.4 Å². The smallest absolute Gasteiger partial charge is 0.213 e. The van der Waals surface area contributed by atoms with Gasteiger partial charge < -0.3 is 9.64 Å². The summed E-state index contributed by atoms with van der Waals surface area (Å²) < 4.78 is 34.6. The molecule has 2 heterocycles. The Morgan fingerprint density at radius 2 is 2.03 bits per heavy atom. The van der Waals surface area contributed by atoms with Crippen LogP contribution < -0.4 is 9.46 Å². The van der Waals surface area contributed by atoms with Crippen LogP contribution in [-0.2, 0) is 16.4 Å². The van der Waals surface area contributed by atoms with Gasteiger partial charge in [0, 0.05) is 24.3 Å². The van der Waals surface area contributed by atoms with Crippen LogP contribution in [0, 0.1) is 11.3 Å². The van der Waals surface area contributed by atoms with E-state index in [0.717, 1.165) is 65.3 Å². The van der Waals surface area contributed by atoms with E-state index >= 15 is 0 Å². The van der Waals surface area contributed by atoms with Gasteiger partial charge in [-0.3, -0.25) is 0 Å². The molecule has 1 atom stereocenters. The molecule has 0 amide bonds. The van der Waals surface area contributed by atoms with Crippen molar-refractivity contribution in [1.82, 2.24) is 14.6 Å². The summed E-state index contributed by atoms with van der Waals surface area (Å²) in [7, 11) is -3.37. The van der Waals surface area contributed by atoms with Crippen LogP contribution in [0.25, 0.3) is 21.0 Å². The average Bonchev–Trinajstić information content (AvgIpc) is 3.56. The van der Waals surface area contributed by atoms with Crippen molar-refractivity contribution in [1.29, 1.82) is 5.26 Å². The number of ether oxygens (including phenoxy) is 1. The molecule has 1 aliphatic carbocycles. The Hall–Kier alpha value is -2.77. The minimum Gasteiger partial charge on any atom is -0.490 e. The van der Waals surface area contributed by atoms with Crippen LogP contribution in [0.4, 0.5) is 0 Å². The van der Waals surface area contributed by atoms with Gasteiger partial charge in [0.25, 0.3) is 0 Å². The number of nitrogens with zero attached hydrogens (tertiary/aromatic N) is 3. The second-order valence-corrected chi connectivity index (χ2v) is 13.2. The highest BCUT2D eigenvalue weighted by Gasteiger charge is 2.29. The fraction of sp³-hybridized carbons (Fsp3) is 0.448. The maximum atomic E-state index is 12.9. The van der Waals surface area contributed by atoms with Gasteiger partial charge in [0.15, 0.2) is 0 Å². The highest BCUT2D eigenvalue weighted by Crippen LogP contribution is 2.41. The number of rotatable bonds is 9. The van der Waals surface area contributed by atoms with Crippen molar-refractivity contribution in [3.05, 3.63) is 59.3 Å². The van der Waals surface area contributed by atoms with Gasteiger partial charge >= 0.3 is 0 Å². The molecule has 2 aliphatic rings. The second-order valence-electron chi connectivity index (χ2n) is 10.3. The van der Waals surface area contributed by atoms with Gasteiger partial charge in [-0.05, 0) is 87.5 Å². The number of thiazole rings is 1. The Bertz CT molecular complexity index is 1440. The van der Waals surface area contributed by atoms with Crippen molar-refractivity contribution in [2.45, 2.75) is 58.1 Å². The van der Waals surface area contributed by atoms with Crippen LogP contribution in [0.5, 0.6) is 5.75 Å². The van der Waals surface area contributed by atoms with E-state index in [-0.39, 0.29) is 17.9 Å². The maximum Gasteiger partial charge on any atom is 0.213 e. The number of nitrogens with one attached hydrogen (secondary N) is 1. The molecule has 200 valence electrons. The summed E-state index contributed by atoms with van der Waals surface area (Å²) in [5.41, 5.74) is 4.71. The predicted molar refractivity (Wildman–Crippen MR) is 152 cm³/mol. The topological polar surface area (TPSA) is 95.3 Å². The van der Waals surface area contributed by atoms with Gasteiger partial charge in [0.1, 0.15) is 16.8 Å². The summed E-state index contributed by atoms with van der Waals surface area (Å²) in [5.74, 6) is 0.718. The molecule has 0 bridgehead atoms. The summed E-state index contributed by atoms with van der Waals surface area (Å²) in [5, 5.41) is 10.4. The third-order valence-corrected chi connectivity index (χ3v) is 9.64. The number of benzene rings is 2. The first kappa shape index (κ1) is 26.8. The Morgan fingerprint density at radius 1 is 1.21 bits per heavy atom. The van der Waals surface area contributed by atoms with E-state index in [9.17, 15) is 13.7 Å². The lowest BCUT2D eigenvalue weighted by Gasteiger charge is -2.26. The Balaban J connectivity index is 1.32. The van der Waals surface area contributed by atoms with Gasteiger partial charge in [0.2, 0.25) is 10.0 Å². The molecule has 0 spiro atoms. The maximum absolute atomic E-state index is 12.9. The quantitative estimate of drug-likeness (QED) is 0.377. The van der Waals surface area contributed by atoms with Crippen LogP contribution in [0.2, 0.25) is 0 Å². The number of sulfonamides is 1. The molecule has 0 radical (unpaired) electrons. The second kappa shape index (κ2) is 11.5. The van der Waals surface area contributed by atoms with Gasteiger partial charge in [-0.2, -0.15) is 5.26 Å². The number of aromatic nitrogens is 1. The molecule has 1 fully saturated rings. The molecule has 0 unspecified atom stereocenters. The number of hydrogen-bond donors (Lipinski definition) is 1. The molecule has 7 nitrogen and oxygen atoms in total. The molecule has 38 heavy (non-hydrogen) atoms. The minimum atomic E-state index is -3.37. The molecule has 0 saturated carbocycles. The zero-order valence-corrected chi connectivity index (χ0v) is 23.6. The van der Waals surface area contributed by atoms with Crippen molar-refractivity contribution in [2.24, 2.45) is 0 Å². The molecular weight excluding hydrogens is 516 g/mol. The standard InChI is InChI=1S/C29H34N4O3S2/c1-20(2)36-27-12-9-21(17-22(27)18-30)29-31-19-28(37-29)25-8-6-7-24-23(25)10-11-26(24)32-38(34,35)16-15-33-13-4-3-5-14-33/h6-9,12,17,19-20,26,32H,3-5,10-11,13-16H2,1-2H3/t26-/m0/s1. The average molecular weight is 551 g/mol. The largest absolute Gasteiger partial charge is 0.490 e. The van der Waals surface area contributed by atoms with Crippen LogP contribution in [0.15, 0.2) is 42.6 Å². The Morgan fingerprint density at radius 3 is 2.79 bits per heavy atom. The van der Waals surface area contributed by atoms with E-state index in [1.54, 1.807) is 11.3 Å². The molecule has 9 heteroatoms. The lowest BCUT2D eigenvalue weighted by Crippen LogP contribution is -2.38. The van der Waals surface area contributed by atoms with E-state index < -0.39 is 10.0 Å².